The summed E-state index contributed by atoms with van der Waals surface area (Å²) in [4.78, 5) is 22.8. The van der Waals surface area contributed by atoms with E-state index in [2.05, 4.69) is 13.2 Å². The summed E-state index contributed by atoms with van der Waals surface area (Å²) >= 11 is 0. The number of ether oxygens (including phenoxy) is 4. The molecule has 146 valence electrons. The Morgan fingerprint density at radius 2 is 1.56 bits per heavy atom. The van der Waals surface area contributed by atoms with E-state index in [1.807, 2.05) is 24.3 Å². The van der Waals surface area contributed by atoms with Crippen molar-refractivity contribution < 1.29 is 28.5 Å². The molecule has 0 bridgehead atoms. The second-order valence-corrected chi connectivity index (χ2v) is 6.65. The van der Waals surface area contributed by atoms with E-state index in [9.17, 15) is 9.59 Å². The largest absolute Gasteiger partial charge is 0.462 e. The smallest absolute Gasteiger partial charge is 0.333 e. The molecule has 1 aromatic carbocycles. The second-order valence-electron chi connectivity index (χ2n) is 6.65. The van der Waals surface area contributed by atoms with Crippen LogP contribution >= 0.6 is 0 Å². The van der Waals surface area contributed by atoms with E-state index in [0.29, 0.717) is 37.4 Å². The van der Waals surface area contributed by atoms with E-state index in [1.165, 1.54) is 0 Å². The van der Waals surface area contributed by atoms with Crippen molar-refractivity contribution in [1.29, 1.82) is 0 Å². The molecular weight excluding hydrogens is 348 g/mol. The SMILES string of the molecule is C=C(C)C(=O)OCCc1ccc(C2OCC(COC(=O)C(=C)C)CO2)cc1. The summed E-state index contributed by atoms with van der Waals surface area (Å²) in [6, 6.07) is 7.78. The zero-order valence-electron chi connectivity index (χ0n) is 15.9. The van der Waals surface area contributed by atoms with Gasteiger partial charge in [-0.25, -0.2) is 9.59 Å². The number of carbonyl (C=O) groups is 2. The third kappa shape index (κ3) is 6.66. The van der Waals surface area contributed by atoms with Gasteiger partial charge in [0, 0.05) is 29.0 Å². The zero-order chi connectivity index (χ0) is 19.8. The first-order valence-electron chi connectivity index (χ1n) is 8.84. The molecule has 0 spiro atoms. The fourth-order valence-electron chi connectivity index (χ4n) is 2.37. The molecule has 0 radical (unpaired) electrons. The Morgan fingerprint density at radius 3 is 2.11 bits per heavy atom. The van der Waals surface area contributed by atoms with Crippen LogP contribution in [0.3, 0.4) is 0 Å². The van der Waals surface area contributed by atoms with Gasteiger partial charge < -0.3 is 18.9 Å². The number of hydrogen-bond acceptors (Lipinski definition) is 6. The fourth-order valence-corrected chi connectivity index (χ4v) is 2.37. The van der Waals surface area contributed by atoms with Gasteiger partial charge in [0.15, 0.2) is 6.29 Å². The van der Waals surface area contributed by atoms with Crippen LogP contribution in [0.2, 0.25) is 0 Å². The molecule has 1 aliphatic heterocycles. The lowest BCUT2D eigenvalue weighted by molar-refractivity contribution is -0.211. The first-order valence-corrected chi connectivity index (χ1v) is 8.84. The van der Waals surface area contributed by atoms with Gasteiger partial charge in [-0.15, -0.1) is 0 Å². The summed E-state index contributed by atoms with van der Waals surface area (Å²) in [6.07, 6.45) is 0.190. The van der Waals surface area contributed by atoms with Crippen molar-refractivity contribution in [2.45, 2.75) is 26.6 Å². The first-order chi connectivity index (χ1) is 12.9. The summed E-state index contributed by atoms with van der Waals surface area (Å²) < 4.78 is 21.7. The van der Waals surface area contributed by atoms with Gasteiger partial charge in [0.25, 0.3) is 0 Å². The number of esters is 2. The van der Waals surface area contributed by atoms with Crippen LogP contribution in [-0.2, 0) is 35.0 Å². The first kappa shape index (κ1) is 20.9. The standard InChI is InChI=1S/C21H26O6/c1-14(2)19(22)24-10-9-16-5-7-18(8-6-16)21-26-12-17(13-27-21)11-25-20(23)15(3)4/h5-8,17,21H,1,3,9-13H2,2,4H3. The molecule has 6 heteroatoms. The second kappa shape index (κ2) is 10.0. The number of carbonyl (C=O) groups excluding carboxylic acids is 2. The zero-order valence-corrected chi connectivity index (χ0v) is 15.9. The predicted octanol–water partition coefficient (Wildman–Crippen LogP) is 3.13. The minimum Gasteiger partial charge on any atom is -0.462 e. The van der Waals surface area contributed by atoms with Crippen LogP contribution in [0.15, 0.2) is 48.6 Å². The predicted molar refractivity (Wildman–Crippen MR) is 99.8 cm³/mol. The van der Waals surface area contributed by atoms with Crippen LogP contribution < -0.4 is 0 Å². The third-order valence-electron chi connectivity index (χ3n) is 3.99. The monoisotopic (exact) mass is 374 g/mol. The Labute approximate surface area is 159 Å². The Kier molecular flexibility index (Phi) is 7.76. The van der Waals surface area contributed by atoms with Crippen molar-refractivity contribution in [1.82, 2.24) is 0 Å². The highest BCUT2D eigenvalue weighted by molar-refractivity contribution is 5.87. The molecule has 1 aromatic rings. The van der Waals surface area contributed by atoms with Gasteiger partial charge in [0.05, 0.1) is 26.4 Å². The minimum absolute atomic E-state index is 0.00632. The molecule has 6 nitrogen and oxygen atoms in total. The number of benzene rings is 1. The maximum atomic E-state index is 11.4. The van der Waals surface area contributed by atoms with E-state index in [4.69, 9.17) is 18.9 Å². The van der Waals surface area contributed by atoms with Crippen LogP contribution in [0.5, 0.6) is 0 Å². The molecule has 1 fully saturated rings. The van der Waals surface area contributed by atoms with Crippen molar-refractivity contribution in [3.8, 4) is 0 Å². The van der Waals surface area contributed by atoms with E-state index < -0.39 is 12.3 Å². The molecule has 0 unspecified atom stereocenters. The molecule has 0 N–H and O–H groups in total. The normalized spacial score (nSPS) is 19.2. The average molecular weight is 374 g/mol. The highest BCUT2D eigenvalue weighted by Crippen LogP contribution is 2.25. The summed E-state index contributed by atoms with van der Waals surface area (Å²) in [5.74, 6) is -0.771. The highest BCUT2D eigenvalue weighted by atomic mass is 16.7. The van der Waals surface area contributed by atoms with Gasteiger partial charge in [0.1, 0.15) is 0 Å². The van der Waals surface area contributed by atoms with Crippen molar-refractivity contribution in [2.75, 3.05) is 26.4 Å². The van der Waals surface area contributed by atoms with Crippen LogP contribution in [0.4, 0.5) is 0 Å². The summed E-state index contributed by atoms with van der Waals surface area (Å²) in [5.41, 5.74) is 2.73. The maximum Gasteiger partial charge on any atom is 0.333 e. The Morgan fingerprint density at radius 1 is 1.00 bits per heavy atom. The Bertz CT molecular complexity index is 683. The van der Waals surface area contributed by atoms with Crippen molar-refractivity contribution in [3.63, 3.8) is 0 Å². The molecule has 0 amide bonds. The van der Waals surface area contributed by atoms with Gasteiger partial charge in [-0.05, 0) is 19.4 Å². The van der Waals surface area contributed by atoms with Crippen molar-refractivity contribution >= 4 is 11.9 Å². The van der Waals surface area contributed by atoms with Gasteiger partial charge >= 0.3 is 11.9 Å². The lowest BCUT2D eigenvalue weighted by Crippen LogP contribution is -2.31. The Balaban J connectivity index is 1.74. The van der Waals surface area contributed by atoms with Gasteiger partial charge in [-0.3, -0.25) is 0 Å². The lowest BCUT2D eigenvalue weighted by Gasteiger charge is -2.29. The summed E-state index contributed by atoms with van der Waals surface area (Å²) in [5, 5.41) is 0. The van der Waals surface area contributed by atoms with E-state index in [0.717, 1.165) is 11.1 Å². The summed E-state index contributed by atoms with van der Waals surface area (Å²) in [6.45, 7) is 11.8. The molecule has 27 heavy (non-hydrogen) atoms. The molecule has 0 atom stereocenters. The summed E-state index contributed by atoms with van der Waals surface area (Å²) in [7, 11) is 0. The topological polar surface area (TPSA) is 71.1 Å². The maximum absolute atomic E-state index is 11.4. The molecule has 1 saturated heterocycles. The lowest BCUT2D eigenvalue weighted by atomic mass is 10.1. The highest BCUT2D eigenvalue weighted by Gasteiger charge is 2.24. The van der Waals surface area contributed by atoms with E-state index >= 15 is 0 Å². The van der Waals surface area contributed by atoms with Crippen LogP contribution in [-0.4, -0.2) is 38.4 Å². The van der Waals surface area contributed by atoms with E-state index in [-0.39, 0.29) is 18.5 Å². The van der Waals surface area contributed by atoms with Crippen LogP contribution in [0, 0.1) is 5.92 Å². The Hall–Kier alpha value is -2.44. The third-order valence-corrected chi connectivity index (χ3v) is 3.99. The molecule has 2 rings (SSSR count). The average Bonchev–Trinajstić information content (AvgIpc) is 2.66. The van der Waals surface area contributed by atoms with E-state index in [1.54, 1.807) is 13.8 Å². The van der Waals surface area contributed by atoms with Crippen LogP contribution in [0.1, 0.15) is 31.3 Å². The van der Waals surface area contributed by atoms with Gasteiger partial charge in [0.2, 0.25) is 0 Å². The number of hydrogen-bond donors (Lipinski definition) is 0. The van der Waals surface area contributed by atoms with Crippen molar-refractivity contribution in [2.24, 2.45) is 5.92 Å². The molecule has 0 saturated carbocycles. The minimum atomic E-state index is -0.437. The van der Waals surface area contributed by atoms with Gasteiger partial charge in [-0.2, -0.15) is 0 Å². The van der Waals surface area contributed by atoms with Crippen LogP contribution in [0.25, 0.3) is 0 Å². The molecule has 0 aromatic heterocycles. The quantitative estimate of drug-likeness (QED) is 0.514. The van der Waals surface area contributed by atoms with Gasteiger partial charge in [-0.1, -0.05) is 37.4 Å². The fraction of sp³-hybridized carbons (Fsp3) is 0.429. The molecular formula is C21H26O6. The van der Waals surface area contributed by atoms with Crippen molar-refractivity contribution in [3.05, 3.63) is 59.7 Å². The molecule has 1 heterocycles. The molecule has 0 aliphatic carbocycles. The number of rotatable bonds is 8. The molecule has 1 aliphatic rings.